The fraction of sp³-hybridized carbons (Fsp3) is 0.800. The Labute approximate surface area is 122 Å². The molecule has 0 radical (unpaired) electrons. The van der Waals surface area contributed by atoms with E-state index in [9.17, 15) is 0 Å². The van der Waals surface area contributed by atoms with E-state index in [1.54, 1.807) is 0 Å². The fourth-order valence-corrected chi connectivity index (χ4v) is 2.74. The molecule has 114 valence electrons. The highest BCUT2D eigenvalue weighted by atomic mass is 16.5. The van der Waals surface area contributed by atoms with E-state index >= 15 is 0 Å². The van der Waals surface area contributed by atoms with Gasteiger partial charge in [-0.3, -0.25) is 0 Å². The van der Waals surface area contributed by atoms with Crippen LogP contribution in [0.4, 0.5) is 5.95 Å². The molecule has 0 bridgehead atoms. The molecule has 5 nitrogen and oxygen atoms in total. The van der Waals surface area contributed by atoms with Crippen LogP contribution < -0.4 is 5.32 Å². The van der Waals surface area contributed by atoms with Crippen molar-refractivity contribution >= 4 is 5.95 Å². The van der Waals surface area contributed by atoms with E-state index in [0.29, 0.717) is 6.04 Å². The van der Waals surface area contributed by atoms with Gasteiger partial charge >= 0.3 is 0 Å². The van der Waals surface area contributed by atoms with Crippen molar-refractivity contribution < 1.29 is 4.74 Å². The van der Waals surface area contributed by atoms with Gasteiger partial charge in [-0.2, -0.15) is 0 Å². The van der Waals surface area contributed by atoms with E-state index in [4.69, 9.17) is 4.74 Å². The van der Waals surface area contributed by atoms with Crippen LogP contribution in [0, 0.1) is 0 Å². The number of piperidine rings is 1. The molecule has 2 heterocycles. The molecule has 1 atom stereocenters. The number of hydrogen-bond donors (Lipinski definition) is 1. The lowest BCUT2D eigenvalue weighted by Crippen LogP contribution is -2.39. The number of aromatic nitrogens is 2. The van der Waals surface area contributed by atoms with Crippen molar-refractivity contribution in [3.63, 3.8) is 0 Å². The monoisotopic (exact) mass is 280 g/mol. The number of likely N-dealkylation sites (N-methyl/N-ethyl adjacent to an activating group) is 1. The van der Waals surface area contributed by atoms with Crippen molar-refractivity contribution in [1.29, 1.82) is 0 Å². The van der Waals surface area contributed by atoms with Crippen LogP contribution in [0.15, 0.2) is 12.4 Å². The summed E-state index contributed by atoms with van der Waals surface area (Å²) in [5, 5.41) is 3.41. The highest BCUT2D eigenvalue weighted by Crippen LogP contribution is 2.18. The zero-order chi connectivity index (χ0) is 14.2. The number of nitrogens with zero attached hydrogens (tertiary/aromatic N) is 3. The molecule has 1 aromatic heterocycles. The first-order valence-electron chi connectivity index (χ1n) is 7.84. The molecule has 1 unspecified atom stereocenters. The van der Waals surface area contributed by atoms with E-state index in [0.717, 1.165) is 38.7 Å². The highest BCUT2D eigenvalue weighted by Gasteiger charge is 2.19. The van der Waals surface area contributed by atoms with Gasteiger partial charge < -0.3 is 19.5 Å². The summed E-state index contributed by atoms with van der Waals surface area (Å²) in [7, 11) is 2.23. The molecule has 0 amide bonds. The predicted octanol–water partition coefficient (Wildman–Crippen LogP) is 2.21. The number of anilines is 1. The zero-order valence-electron chi connectivity index (χ0n) is 12.8. The van der Waals surface area contributed by atoms with Crippen molar-refractivity contribution in [3.05, 3.63) is 12.4 Å². The van der Waals surface area contributed by atoms with Gasteiger partial charge in [0.05, 0.1) is 0 Å². The molecule has 20 heavy (non-hydrogen) atoms. The molecule has 1 aromatic rings. The topological polar surface area (TPSA) is 42.3 Å². The number of hydrogen-bond acceptors (Lipinski definition) is 4. The van der Waals surface area contributed by atoms with E-state index < -0.39 is 0 Å². The third-order valence-electron chi connectivity index (χ3n) is 4.00. The van der Waals surface area contributed by atoms with Gasteiger partial charge in [0.2, 0.25) is 5.95 Å². The molecular formula is C15H28N4O. The molecular weight excluding hydrogens is 252 g/mol. The minimum atomic E-state index is 0.641. The van der Waals surface area contributed by atoms with Gasteiger partial charge in [0.15, 0.2) is 0 Å². The Morgan fingerprint density at radius 3 is 3.15 bits per heavy atom. The lowest BCUT2D eigenvalue weighted by atomic mass is 10.0. The molecule has 1 N–H and O–H groups in total. The Bertz CT molecular complexity index is 380. The van der Waals surface area contributed by atoms with E-state index in [1.165, 1.54) is 25.8 Å². The molecule has 0 aliphatic carbocycles. The third-order valence-corrected chi connectivity index (χ3v) is 4.00. The van der Waals surface area contributed by atoms with Gasteiger partial charge in [0.1, 0.15) is 0 Å². The van der Waals surface area contributed by atoms with Crippen molar-refractivity contribution in [3.8, 4) is 0 Å². The van der Waals surface area contributed by atoms with E-state index in [-0.39, 0.29) is 0 Å². The minimum absolute atomic E-state index is 0.641. The van der Waals surface area contributed by atoms with Gasteiger partial charge in [-0.25, -0.2) is 4.98 Å². The summed E-state index contributed by atoms with van der Waals surface area (Å²) in [4.78, 5) is 6.89. The van der Waals surface area contributed by atoms with Gasteiger partial charge in [-0.1, -0.05) is 6.42 Å². The lowest BCUT2D eigenvalue weighted by Gasteiger charge is -2.32. The SMILES string of the molecule is CCOCCCNc1nccn1CC1CCCCN1C. The average molecular weight is 280 g/mol. The number of nitrogens with one attached hydrogen (secondary N) is 1. The molecule has 1 aliphatic heterocycles. The minimum Gasteiger partial charge on any atom is -0.382 e. The molecule has 1 saturated heterocycles. The van der Waals surface area contributed by atoms with Crippen LogP contribution in [-0.4, -0.2) is 53.8 Å². The number of ether oxygens (including phenoxy) is 1. The Morgan fingerprint density at radius 2 is 2.35 bits per heavy atom. The Kier molecular flexibility index (Phi) is 6.33. The summed E-state index contributed by atoms with van der Waals surface area (Å²) in [5.74, 6) is 0.987. The number of rotatable bonds is 8. The lowest BCUT2D eigenvalue weighted by molar-refractivity contribution is 0.147. The van der Waals surface area contributed by atoms with Gasteiger partial charge in [-0.15, -0.1) is 0 Å². The molecule has 5 heteroatoms. The van der Waals surface area contributed by atoms with Crippen molar-refractivity contribution in [2.45, 2.75) is 45.2 Å². The molecule has 1 aliphatic rings. The van der Waals surface area contributed by atoms with Crippen LogP contribution in [0.25, 0.3) is 0 Å². The van der Waals surface area contributed by atoms with Crippen molar-refractivity contribution in [2.75, 3.05) is 38.7 Å². The maximum absolute atomic E-state index is 5.34. The summed E-state index contributed by atoms with van der Waals surface area (Å²) in [6, 6.07) is 0.641. The number of imidazole rings is 1. The fourth-order valence-electron chi connectivity index (χ4n) is 2.74. The molecule has 0 spiro atoms. The van der Waals surface area contributed by atoms with Crippen LogP contribution in [-0.2, 0) is 11.3 Å². The van der Waals surface area contributed by atoms with E-state index in [2.05, 4.69) is 33.0 Å². The van der Waals surface area contributed by atoms with Crippen LogP contribution in [0.2, 0.25) is 0 Å². The van der Waals surface area contributed by atoms with Gasteiger partial charge in [0, 0.05) is 44.7 Å². The molecule has 2 rings (SSSR count). The standard InChI is InChI=1S/C15H28N4O/c1-3-20-12-6-8-16-15-17-9-11-19(15)13-14-7-4-5-10-18(14)2/h9,11,14H,3-8,10,12-13H2,1-2H3,(H,16,17). The van der Waals surface area contributed by atoms with Crippen LogP contribution in [0.1, 0.15) is 32.6 Å². The maximum atomic E-state index is 5.34. The largest absolute Gasteiger partial charge is 0.382 e. The second-order valence-electron chi connectivity index (χ2n) is 5.51. The molecule has 1 fully saturated rings. The average Bonchev–Trinajstić information content (AvgIpc) is 2.89. The smallest absolute Gasteiger partial charge is 0.202 e. The molecule has 0 aromatic carbocycles. The second-order valence-corrected chi connectivity index (χ2v) is 5.51. The second kappa shape index (κ2) is 8.27. The maximum Gasteiger partial charge on any atom is 0.202 e. The van der Waals surface area contributed by atoms with Crippen molar-refractivity contribution in [1.82, 2.24) is 14.5 Å². The summed E-state index contributed by atoms with van der Waals surface area (Å²) < 4.78 is 7.59. The first-order valence-corrected chi connectivity index (χ1v) is 7.84. The zero-order valence-corrected chi connectivity index (χ0v) is 12.8. The summed E-state index contributed by atoms with van der Waals surface area (Å²) in [6.45, 7) is 6.80. The first-order chi connectivity index (χ1) is 9.81. The van der Waals surface area contributed by atoms with Gasteiger partial charge in [0.25, 0.3) is 0 Å². The van der Waals surface area contributed by atoms with Crippen LogP contribution >= 0.6 is 0 Å². The van der Waals surface area contributed by atoms with Gasteiger partial charge in [-0.05, 0) is 39.8 Å². The normalized spacial score (nSPS) is 20.2. The predicted molar refractivity (Wildman–Crippen MR) is 82.1 cm³/mol. The summed E-state index contributed by atoms with van der Waals surface area (Å²) in [6.07, 6.45) is 8.95. The van der Waals surface area contributed by atoms with E-state index in [1.807, 2.05) is 13.1 Å². The van der Waals surface area contributed by atoms with Crippen LogP contribution in [0.3, 0.4) is 0 Å². The Balaban J connectivity index is 1.78. The van der Waals surface area contributed by atoms with Crippen LogP contribution in [0.5, 0.6) is 0 Å². The third kappa shape index (κ3) is 4.49. The first kappa shape index (κ1) is 15.3. The quantitative estimate of drug-likeness (QED) is 0.741. The summed E-state index contributed by atoms with van der Waals surface area (Å²) >= 11 is 0. The Morgan fingerprint density at radius 1 is 1.45 bits per heavy atom. The summed E-state index contributed by atoms with van der Waals surface area (Å²) in [5.41, 5.74) is 0. The number of likely N-dealkylation sites (tertiary alicyclic amines) is 1. The molecule has 0 saturated carbocycles. The highest BCUT2D eigenvalue weighted by molar-refractivity contribution is 5.25. The Hall–Kier alpha value is -1.07. The van der Waals surface area contributed by atoms with Crippen molar-refractivity contribution in [2.24, 2.45) is 0 Å².